The SMILES string of the molecule is CC(C)[C@H](NC(=O)[C@H](Cc1ccccc1)NC(=O)CNC(=O)[C@@H](C)NC(=O)[C@@H](N)Cc1ccc(O)cc1)C(=O)O. The predicted octanol–water partition coefficient (Wildman–Crippen LogP) is -0.164. The molecule has 0 aliphatic heterocycles. The van der Waals surface area contributed by atoms with Crippen LogP contribution in [-0.4, -0.2) is 70.5 Å². The number of carbonyl (C=O) groups excluding carboxylic acids is 4. The van der Waals surface area contributed by atoms with E-state index in [1.54, 1.807) is 56.3 Å². The van der Waals surface area contributed by atoms with Gasteiger partial charge in [0, 0.05) is 6.42 Å². The second kappa shape index (κ2) is 15.2. The van der Waals surface area contributed by atoms with Gasteiger partial charge in [0.15, 0.2) is 0 Å². The summed E-state index contributed by atoms with van der Waals surface area (Å²) < 4.78 is 0. The van der Waals surface area contributed by atoms with Crippen molar-refractivity contribution in [1.29, 1.82) is 0 Å². The fourth-order valence-electron chi connectivity index (χ4n) is 3.76. The summed E-state index contributed by atoms with van der Waals surface area (Å²) >= 11 is 0. The largest absolute Gasteiger partial charge is 0.508 e. The smallest absolute Gasteiger partial charge is 0.326 e. The van der Waals surface area contributed by atoms with Crippen molar-refractivity contribution in [1.82, 2.24) is 21.3 Å². The van der Waals surface area contributed by atoms with Gasteiger partial charge >= 0.3 is 5.97 Å². The number of carboxylic acids is 1. The van der Waals surface area contributed by atoms with Gasteiger partial charge in [0.25, 0.3) is 0 Å². The van der Waals surface area contributed by atoms with Crippen LogP contribution in [0.15, 0.2) is 54.6 Å². The summed E-state index contributed by atoms with van der Waals surface area (Å²) in [6, 6.07) is 10.9. The molecule has 12 heteroatoms. The van der Waals surface area contributed by atoms with Gasteiger partial charge in [0.2, 0.25) is 23.6 Å². The number of phenols is 1. The van der Waals surface area contributed by atoms with E-state index in [0.717, 1.165) is 11.1 Å². The molecular formula is C28H37N5O7. The van der Waals surface area contributed by atoms with Gasteiger partial charge in [-0.25, -0.2) is 4.79 Å². The van der Waals surface area contributed by atoms with Crippen molar-refractivity contribution in [3.05, 3.63) is 65.7 Å². The number of benzene rings is 2. The first-order valence-electron chi connectivity index (χ1n) is 12.9. The molecule has 8 N–H and O–H groups in total. The Morgan fingerprint density at radius 2 is 1.38 bits per heavy atom. The van der Waals surface area contributed by atoms with Gasteiger partial charge in [-0.3, -0.25) is 19.2 Å². The minimum atomic E-state index is -1.20. The maximum absolute atomic E-state index is 12.9. The Hall–Kier alpha value is -4.45. The second-order valence-corrected chi connectivity index (χ2v) is 9.80. The predicted molar refractivity (Wildman–Crippen MR) is 147 cm³/mol. The Labute approximate surface area is 232 Å². The number of hydrogen-bond acceptors (Lipinski definition) is 7. The van der Waals surface area contributed by atoms with Crippen molar-refractivity contribution >= 4 is 29.6 Å². The number of phenolic OH excluding ortho intramolecular Hbond substituents is 1. The maximum Gasteiger partial charge on any atom is 0.326 e. The Balaban J connectivity index is 1.93. The van der Waals surface area contributed by atoms with Crippen molar-refractivity contribution in [2.75, 3.05) is 6.54 Å². The van der Waals surface area contributed by atoms with Crippen LogP contribution < -0.4 is 27.0 Å². The summed E-state index contributed by atoms with van der Waals surface area (Å²) in [4.78, 5) is 62.0. The minimum absolute atomic E-state index is 0.0862. The summed E-state index contributed by atoms with van der Waals surface area (Å²) in [6.45, 7) is 4.25. The van der Waals surface area contributed by atoms with Crippen LogP contribution in [0, 0.1) is 5.92 Å². The molecular weight excluding hydrogens is 518 g/mol. The van der Waals surface area contributed by atoms with Gasteiger partial charge < -0.3 is 37.2 Å². The third-order valence-electron chi connectivity index (χ3n) is 6.07. The molecule has 0 aliphatic carbocycles. The lowest BCUT2D eigenvalue weighted by atomic mass is 10.0. The molecule has 216 valence electrons. The molecule has 2 rings (SSSR count). The molecule has 0 saturated carbocycles. The zero-order chi connectivity index (χ0) is 29.8. The van der Waals surface area contributed by atoms with Crippen molar-refractivity contribution in [2.24, 2.45) is 11.7 Å². The highest BCUT2D eigenvalue weighted by molar-refractivity contribution is 5.94. The van der Waals surface area contributed by atoms with Gasteiger partial charge in [-0.1, -0.05) is 56.3 Å². The lowest BCUT2D eigenvalue weighted by molar-refractivity contribution is -0.143. The van der Waals surface area contributed by atoms with E-state index >= 15 is 0 Å². The number of aliphatic carboxylic acids is 1. The number of nitrogens with one attached hydrogen (secondary N) is 4. The number of rotatable bonds is 14. The van der Waals surface area contributed by atoms with Crippen LogP contribution in [0.3, 0.4) is 0 Å². The van der Waals surface area contributed by atoms with Crippen LogP contribution in [0.1, 0.15) is 31.9 Å². The van der Waals surface area contributed by atoms with E-state index in [-0.39, 0.29) is 24.5 Å². The van der Waals surface area contributed by atoms with Crippen molar-refractivity contribution < 1.29 is 34.2 Å². The van der Waals surface area contributed by atoms with Gasteiger partial charge in [-0.05, 0) is 42.5 Å². The summed E-state index contributed by atoms with van der Waals surface area (Å²) in [5, 5.41) is 28.7. The number of carbonyl (C=O) groups is 5. The van der Waals surface area contributed by atoms with Crippen LogP contribution in [0.2, 0.25) is 0 Å². The van der Waals surface area contributed by atoms with E-state index in [1.165, 1.54) is 19.1 Å². The average molecular weight is 556 g/mol. The van der Waals surface area contributed by atoms with Crippen LogP contribution in [0.25, 0.3) is 0 Å². The van der Waals surface area contributed by atoms with Crippen molar-refractivity contribution in [3.8, 4) is 5.75 Å². The first kappa shape index (κ1) is 31.8. The fourth-order valence-corrected chi connectivity index (χ4v) is 3.76. The fraction of sp³-hybridized carbons (Fsp3) is 0.393. The standard InChI is InChI=1S/C28H37N5O7/c1-16(2)24(28(39)40)33-27(38)22(14-18-7-5-4-6-8-18)32-23(35)15-30-25(36)17(3)31-26(37)21(29)13-19-9-11-20(34)12-10-19/h4-12,16-17,21-22,24,34H,13-15,29H2,1-3H3,(H,30,36)(H,31,37)(H,32,35)(H,33,38)(H,39,40)/t17-,21+,22+,24+/m1/s1. The molecule has 4 atom stereocenters. The van der Waals surface area contributed by atoms with E-state index in [1.807, 2.05) is 0 Å². The van der Waals surface area contributed by atoms with Gasteiger partial charge in [0.1, 0.15) is 23.9 Å². The first-order valence-corrected chi connectivity index (χ1v) is 12.9. The molecule has 0 fully saturated rings. The van der Waals surface area contributed by atoms with Crippen molar-refractivity contribution in [2.45, 2.75) is 57.8 Å². The highest BCUT2D eigenvalue weighted by Gasteiger charge is 2.29. The molecule has 0 heterocycles. The molecule has 12 nitrogen and oxygen atoms in total. The quantitative estimate of drug-likeness (QED) is 0.167. The highest BCUT2D eigenvalue weighted by atomic mass is 16.4. The number of amides is 4. The molecule has 0 unspecified atom stereocenters. The summed E-state index contributed by atoms with van der Waals surface area (Å²) in [5.41, 5.74) is 7.40. The van der Waals surface area contributed by atoms with E-state index in [4.69, 9.17) is 5.73 Å². The second-order valence-electron chi connectivity index (χ2n) is 9.80. The normalized spacial score (nSPS) is 13.8. The molecule has 0 spiro atoms. The van der Waals surface area contributed by atoms with Crippen LogP contribution in [-0.2, 0) is 36.8 Å². The maximum atomic E-state index is 12.9. The molecule has 0 aliphatic rings. The average Bonchev–Trinajstić information content (AvgIpc) is 2.91. The van der Waals surface area contributed by atoms with Gasteiger partial charge in [-0.2, -0.15) is 0 Å². The molecule has 40 heavy (non-hydrogen) atoms. The Bertz CT molecular complexity index is 1170. The Kier molecular flexibility index (Phi) is 12.1. The Morgan fingerprint density at radius 3 is 1.95 bits per heavy atom. The Morgan fingerprint density at radius 1 is 0.775 bits per heavy atom. The molecule has 2 aromatic carbocycles. The molecule has 0 saturated heterocycles. The zero-order valence-corrected chi connectivity index (χ0v) is 22.7. The van der Waals surface area contributed by atoms with Gasteiger partial charge in [0.05, 0.1) is 12.6 Å². The molecule has 0 bridgehead atoms. The van der Waals surface area contributed by atoms with E-state index < -0.39 is 60.3 Å². The minimum Gasteiger partial charge on any atom is -0.508 e. The summed E-state index contributed by atoms with van der Waals surface area (Å²) in [6.07, 6.45) is 0.287. The number of nitrogens with two attached hydrogens (primary N) is 1. The monoisotopic (exact) mass is 555 g/mol. The van der Waals surface area contributed by atoms with E-state index in [9.17, 15) is 34.2 Å². The highest BCUT2D eigenvalue weighted by Crippen LogP contribution is 2.11. The van der Waals surface area contributed by atoms with Crippen LogP contribution in [0.4, 0.5) is 0 Å². The van der Waals surface area contributed by atoms with Crippen LogP contribution >= 0.6 is 0 Å². The topological polar surface area (TPSA) is 200 Å². The third-order valence-corrected chi connectivity index (χ3v) is 6.07. The number of hydrogen-bond donors (Lipinski definition) is 7. The molecule has 2 aromatic rings. The lowest BCUT2D eigenvalue weighted by Crippen LogP contribution is -2.56. The number of aromatic hydroxyl groups is 1. The van der Waals surface area contributed by atoms with Gasteiger partial charge in [-0.15, -0.1) is 0 Å². The number of carboxylic acid groups (broad SMARTS) is 1. The van der Waals surface area contributed by atoms with Crippen molar-refractivity contribution in [3.63, 3.8) is 0 Å². The molecule has 0 radical (unpaired) electrons. The zero-order valence-electron chi connectivity index (χ0n) is 22.7. The lowest BCUT2D eigenvalue weighted by Gasteiger charge is -2.23. The summed E-state index contributed by atoms with van der Waals surface area (Å²) in [5.74, 6) is -4.06. The summed E-state index contributed by atoms with van der Waals surface area (Å²) in [7, 11) is 0. The van der Waals surface area contributed by atoms with E-state index in [2.05, 4.69) is 21.3 Å². The molecule has 0 aromatic heterocycles. The molecule has 4 amide bonds. The third kappa shape index (κ3) is 10.4. The van der Waals surface area contributed by atoms with E-state index in [0.29, 0.717) is 0 Å². The van der Waals surface area contributed by atoms with Crippen LogP contribution in [0.5, 0.6) is 5.75 Å². The first-order chi connectivity index (χ1) is 18.9.